The predicted molar refractivity (Wildman–Crippen MR) is 117 cm³/mol. The maximum Gasteiger partial charge on any atom is 0.263 e. The maximum absolute atomic E-state index is 12.3. The number of hydrazone groups is 1. The van der Waals surface area contributed by atoms with Crippen molar-refractivity contribution in [3.63, 3.8) is 0 Å². The highest BCUT2D eigenvalue weighted by atomic mass is 35.5. The number of thiophene rings is 1. The Morgan fingerprint density at radius 2 is 1.93 bits per heavy atom. The Morgan fingerprint density at radius 1 is 1.17 bits per heavy atom. The van der Waals surface area contributed by atoms with E-state index in [4.69, 9.17) is 16.3 Å². The van der Waals surface area contributed by atoms with Crippen molar-refractivity contribution in [1.82, 2.24) is 10.7 Å². The van der Waals surface area contributed by atoms with Crippen LogP contribution in [0.15, 0.2) is 66.3 Å². The van der Waals surface area contributed by atoms with E-state index in [0.717, 1.165) is 15.6 Å². The average Bonchev–Trinajstić information content (AvgIpc) is 3.08. The molecule has 148 valence electrons. The lowest BCUT2D eigenvalue weighted by atomic mass is 10.2. The molecule has 0 aliphatic heterocycles. The van der Waals surface area contributed by atoms with Gasteiger partial charge in [-0.1, -0.05) is 42.5 Å². The Labute approximate surface area is 176 Å². The third-order valence-electron chi connectivity index (χ3n) is 3.80. The molecular weight excluding hydrogens is 410 g/mol. The first-order chi connectivity index (χ1) is 14.1. The van der Waals surface area contributed by atoms with Gasteiger partial charge in [0.05, 0.1) is 17.8 Å². The van der Waals surface area contributed by atoms with Gasteiger partial charge < -0.3 is 10.1 Å². The summed E-state index contributed by atoms with van der Waals surface area (Å²) in [4.78, 5) is 24.6. The van der Waals surface area contributed by atoms with E-state index in [1.54, 1.807) is 30.3 Å². The Hall–Kier alpha value is -3.16. The highest BCUT2D eigenvalue weighted by Crippen LogP contribution is 2.34. The second kappa shape index (κ2) is 9.86. The van der Waals surface area contributed by atoms with Crippen LogP contribution < -0.4 is 15.5 Å². The van der Waals surface area contributed by atoms with Crippen LogP contribution in [0.2, 0.25) is 5.02 Å². The molecule has 3 aromatic rings. The van der Waals surface area contributed by atoms with Crippen LogP contribution in [-0.4, -0.2) is 31.2 Å². The van der Waals surface area contributed by atoms with Crippen molar-refractivity contribution in [1.29, 1.82) is 0 Å². The summed E-state index contributed by atoms with van der Waals surface area (Å²) in [5.74, 6) is -0.128. The molecule has 0 bridgehead atoms. The van der Waals surface area contributed by atoms with Crippen molar-refractivity contribution >= 4 is 51.1 Å². The molecule has 29 heavy (non-hydrogen) atoms. The summed E-state index contributed by atoms with van der Waals surface area (Å²) in [5, 5.41) is 7.64. The fourth-order valence-electron chi connectivity index (χ4n) is 2.42. The third-order valence-corrected chi connectivity index (χ3v) is 5.48. The molecule has 0 saturated carbocycles. The molecule has 6 nitrogen and oxygen atoms in total. The summed E-state index contributed by atoms with van der Waals surface area (Å²) >= 11 is 7.55. The van der Waals surface area contributed by atoms with E-state index in [1.807, 2.05) is 24.3 Å². The van der Waals surface area contributed by atoms with Crippen LogP contribution in [0.3, 0.4) is 0 Å². The molecule has 0 saturated heterocycles. The molecule has 0 spiro atoms. The quantitative estimate of drug-likeness (QED) is 0.324. The van der Waals surface area contributed by atoms with Crippen LogP contribution >= 0.6 is 22.9 Å². The van der Waals surface area contributed by atoms with E-state index in [9.17, 15) is 9.59 Å². The zero-order valence-corrected chi connectivity index (χ0v) is 16.9. The van der Waals surface area contributed by atoms with Gasteiger partial charge in [0, 0.05) is 10.1 Å². The van der Waals surface area contributed by atoms with Crippen molar-refractivity contribution in [2.24, 2.45) is 5.10 Å². The smallest absolute Gasteiger partial charge is 0.263 e. The number of nitrogens with one attached hydrogen (secondary N) is 2. The molecule has 0 radical (unpaired) electrons. The number of rotatable bonds is 8. The van der Waals surface area contributed by atoms with Gasteiger partial charge in [-0.15, -0.1) is 11.3 Å². The summed E-state index contributed by atoms with van der Waals surface area (Å²) < 4.78 is 6.30. The minimum absolute atomic E-state index is 0.213. The van der Waals surface area contributed by atoms with Crippen LogP contribution in [0.25, 0.3) is 10.1 Å². The molecule has 2 N–H and O–H groups in total. The van der Waals surface area contributed by atoms with Crippen molar-refractivity contribution < 1.29 is 14.3 Å². The molecular formula is C21H18ClN3O3S. The van der Waals surface area contributed by atoms with E-state index < -0.39 is 11.8 Å². The van der Waals surface area contributed by atoms with Gasteiger partial charge in [-0.05, 0) is 35.9 Å². The van der Waals surface area contributed by atoms with Crippen LogP contribution in [0.5, 0.6) is 5.75 Å². The molecule has 0 unspecified atom stereocenters. The number of amides is 2. The van der Waals surface area contributed by atoms with Crippen LogP contribution in [0.4, 0.5) is 0 Å². The molecule has 0 atom stereocenters. The largest absolute Gasteiger partial charge is 0.490 e. The van der Waals surface area contributed by atoms with Crippen LogP contribution in [0, 0.1) is 0 Å². The second-order valence-corrected chi connectivity index (χ2v) is 7.32. The van der Waals surface area contributed by atoms with E-state index in [2.05, 4.69) is 22.4 Å². The predicted octanol–water partition coefficient (Wildman–Crippen LogP) is 4.00. The van der Waals surface area contributed by atoms with Gasteiger partial charge in [0.25, 0.3) is 11.8 Å². The Bertz CT molecular complexity index is 1060. The number of hydrogen-bond acceptors (Lipinski definition) is 5. The highest BCUT2D eigenvalue weighted by molar-refractivity contribution is 7.21. The molecule has 0 aliphatic carbocycles. The lowest BCUT2D eigenvalue weighted by molar-refractivity contribution is -0.120. The molecule has 2 aromatic carbocycles. The number of carbonyl (C=O) groups is 2. The zero-order valence-electron chi connectivity index (χ0n) is 15.4. The number of nitrogens with zero attached hydrogens (tertiary/aromatic N) is 1. The number of fused-ring (bicyclic) bond motifs is 1. The summed E-state index contributed by atoms with van der Waals surface area (Å²) in [7, 11) is 0. The number of benzene rings is 2. The van der Waals surface area contributed by atoms with Crippen molar-refractivity contribution in [3.8, 4) is 5.75 Å². The maximum atomic E-state index is 12.3. The molecule has 1 heterocycles. The zero-order chi connectivity index (χ0) is 20.6. The van der Waals surface area contributed by atoms with Gasteiger partial charge in [0.15, 0.2) is 0 Å². The van der Waals surface area contributed by atoms with Crippen LogP contribution in [0.1, 0.15) is 15.2 Å². The van der Waals surface area contributed by atoms with Crippen molar-refractivity contribution in [2.45, 2.75) is 0 Å². The molecule has 1 aromatic heterocycles. The van der Waals surface area contributed by atoms with Crippen molar-refractivity contribution in [3.05, 3.63) is 76.6 Å². The first kappa shape index (κ1) is 20.6. The Morgan fingerprint density at radius 3 is 2.66 bits per heavy atom. The van der Waals surface area contributed by atoms with E-state index >= 15 is 0 Å². The first-order valence-electron chi connectivity index (χ1n) is 8.69. The second-order valence-electron chi connectivity index (χ2n) is 5.89. The number of hydrogen-bond donors (Lipinski definition) is 2. The average molecular weight is 428 g/mol. The third kappa shape index (κ3) is 5.43. The summed E-state index contributed by atoms with van der Waals surface area (Å²) in [6.45, 7) is 3.81. The fraction of sp³-hybridized carbons (Fsp3) is 0.0952. The standard InChI is InChI=1S/C21H18ClN3O3S/c1-2-11-28-15-9-7-14(8-10-15)12-24-25-18(26)13-23-21(27)20-19(22)16-5-3-4-6-17(16)29-20/h2-10,12H,1,11,13H2,(H,23,27)(H,25,26). The van der Waals surface area contributed by atoms with Gasteiger partial charge in [0.2, 0.25) is 0 Å². The molecule has 3 rings (SSSR count). The normalized spacial score (nSPS) is 10.8. The number of carbonyl (C=O) groups excluding carboxylic acids is 2. The Kier molecular flexibility index (Phi) is 6.99. The van der Waals surface area contributed by atoms with Crippen LogP contribution in [-0.2, 0) is 4.79 Å². The topological polar surface area (TPSA) is 79.8 Å². The van der Waals surface area contributed by atoms with E-state index in [-0.39, 0.29) is 6.54 Å². The summed E-state index contributed by atoms with van der Waals surface area (Å²) in [6.07, 6.45) is 3.16. The van der Waals surface area contributed by atoms with E-state index in [0.29, 0.717) is 22.3 Å². The lowest BCUT2D eigenvalue weighted by Gasteiger charge is -2.04. The van der Waals surface area contributed by atoms with Gasteiger partial charge in [0.1, 0.15) is 17.2 Å². The minimum atomic E-state index is -0.447. The molecule has 0 fully saturated rings. The summed E-state index contributed by atoms with van der Waals surface area (Å²) in [6, 6.07) is 14.7. The highest BCUT2D eigenvalue weighted by Gasteiger charge is 2.17. The van der Waals surface area contributed by atoms with E-state index in [1.165, 1.54) is 17.6 Å². The fourth-order valence-corrected chi connectivity index (χ4v) is 3.86. The number of halogens is 1. The van der Waals surface area contributed by atoms with Gasteiger partial charge in [-0.25, -0.2) is 5.43 Å². The monoisotopic (exact) mass is 427 g/mol. The molecule has 2 amide bonds. The number of ether oxygens (including phenoxy) is 1. The van der Waals surface area contributed by atoms with Gasteiger partial charge in [-0.3, -0.25) is 9.59 Å². The Balaban J connectivity index is 1.49. The first-order valence-corrected chi connectivity index (χ1v) is 9.89. The molecule has 8 heteroatoms. The van der Waals surface area contributed by atoms with Gasteiger partial charge in [-0.2, -0.15) is 5.10 Å². The summed E-state index contributed by atoms with van der Waals surface area (Å²) in [5.41, 5.74) is 3.16. The molecule has 0 aliphatic rings. The lowest BCUT2D eigenvalue weighted by Crippen LogP contribution is -2.34. The van der Waals surface area contributed by atoms with Crippen molar-refractivity contribution in [2.75, 3.05) is 13.2 Å². The minimum Gasteiger partial charge on any atom is -0.490 e. The van der Waals surface area contributed by atoms with Gasteiger partial charge >= 0.3 is 0 Å². The SMILES string of the molecule is C=CCOc1ccc(C=NNC(=O)CNC(=O)c2sc3ccccc3c2Cl)cc1.